The van der Waals surface area contributed by atoms with Gasteiger partial charge < -0.3 is 14.4 Å². The van der Waals surface area contributed by atoms with E-state index in [2.05, 4.69) is 32.7 Å². The number of likely N-dealkylation sites (tertiary alicyclic amines) is 1. The summed E-state index contributed by atoms with van der Waals surface area (Å²) >= 11 is 0. The summed E-state index contributed by atoms with van der Waals surface area (Å²) < 4.78 is 11.6. The fourth-order valence-corrected chi connectivity index (χ4v) is 7.17. The second-order valence-electron chi connectivity index (χ2n) is 14.9. The van der Waals surface area contributed by atoms with E-state index in [0.29, 0.717) is 25.6 Å². The monoisotopic (exact) mass is 650 g/mol. The highest BCUT2D eigenvalue weighted by molar-refractivity contribution is 5.72. The van der Waals surface area contributed by atoms with Crippen molar-refractivity contribution in [3.05, 3.63) is 0 Å². The molecule has 0 spiro atoms. The van der Waals surface area contributed by atoms with Crippen LogP contribution < -0.4 is 0 Å². The number of ether oxygens (including phenoxy) is 2. The van der Waals surface area contributed by atoms with Gasteiger partial charge in [0.05, 0.1) is 19.1 Å². The lowest BCUT2D eigenvalue weighted by molar-refractivity contribution is -0.152. The second-order valence-corrected chi connectivity index (χ2v) is 14.9. The number of carbonyl (C=O) groups is 2. The summed E-state index contributed by atoms with van der Waals surface area (Å²) in [7, 11) is 2.11. The van der Waals surface area contributed by atoms with Crippen LogP contribution in [-0.2, 0) is 19.1 Å². The van der Waals surface area contributed by atoms with E-state index in [4.69, 9.17) is 9.47 Å². The number of unbranched alkanes of at least 4 members (excludes halogenated alkanes) is 16. The molecule has 1 aliphatic rings. The Morgan fingerprint density at radius 3 is 1.65 bits per heavy atom. The average Bonchev–Trinajstić information content (AvgIpc) is 3.05. The van der Waals surface area contributed by atoms with E-state index in [1.165, 1.54) is 141 Å². The molecule has 0 aromatic carbocycles. The molecule has 5 nitrogen and oxygen atoms in total. The van der Waals surface area contributed by atoms with Gasteiger partial charge in [-0.1, -0.05) is 156 Å². The number of piperidine rings is 1. The molecule has 0 amide bonds. The Morgan fingerprint density at radius 1 is 0.609 bits per heavy atom. The van der Waals surface area contributed by atoms with Crippen molar-refractivity contribution in [2.45, 2.75) is 201 Å². The lowest BCUT2D eigenvalue weighted by Gasteiger charge is -2.28. The zero-order valence-electron chi connectivity index (χ0n) is 31.4. The number of carbonyl (C=O) groups excluding carboxylic acids is 2. The normalized spacial score (nSPS) is 16.2. The van der Waals surface area contributed by atoms with Gasteiger partial charge in [-0.15, -0.1) is 0 Å². The third-order valence-electron chi connectivity index (χ3n) is 10.3. The van der Waals surface area contributed by atoms with E-state index in [1.54, 1.807) is 0 Å². The maximum atomic E-state index is 12.8. The van der Waals surface area contributed by atoms with Crippen molar-refractivity contribution in [3.8, 4) is 0 Å². The molecule has 0 aromatic heterocycles. The molecule has 0 aromatic rings. The van der Waals surface area contributed by atoms with Crippen LogP contribution in [0.2, 0.25) is 0 Å². The highest BCUT2D eigenvalue weighted by atomic mass is 16.5. The van der Waals surface area contributed by atoms with Crippen LogP contribution in [0.25, 0.3) is 0 Å². The van der Waals surface area contributed by atoms with Crippen molar-refractivity contribution in [1.82, 2.24) is 4.90 Å². The summed E-state index contributed by atoms with van der Waals surface area (Å²) in [5.74, 6) is 1.31. The summed E-state index contributed by atoms with van der Waals surface area (Å²) in [6.45, 7) is 9.96. The lowest BCUT2D eigenvalue weighted by atomic mass is 9.92. The zero-order chi connectivity index (χ0) is 33.5. The Balaban J connectivity index is 2.22. The Morgan fingerprint density at radius 2 is 1.09 bits per heavy atom. The Labute approximate surface area is 287 Å². The predicted octanol–water partition coefficient (Wildman–Crippen LogP) is 11.8. The minimum atomic E-state index is -0.000846. The van der Waals surface area contributed by atoms with Gasteiger partial charge in [0.1, 0.15) is 0 Å². The van der Waals surface area contributed by atoms with E-state index in [1.807, 2.05) is 0 Å². The zero-order valence-corrected chi connectivity index (χ0v) is 31.4. The molecule has 2 atom stereocenters. The van der Waals surface area contributed by atoms with Crippen molar-refractivity contribution in [3.63, 3.8) is 0 Å². The minimum Gasteiger partial charge on any atom is -0.466 e. The molecule has 1 fully saturated rings. The van der Waals surface area contributed by atoms with Gasteiger partial charge in [-0.25, -0.2) is 0 Å². The quantitative estimate of drug-likeness (QED) is 0.0536. The SMILES string of the molecule is CCCCCCCCCCC(CCCCCCCCC(=O)OCCC(CCCCC)CCCCC)COC(=O)[C@@H]1CCCN(C)C1. The Hall–Kier alpha value is -1.10. The molecule has 1 heterocycles. The summed E-state index contributed by atoms with van der Waals surface area (Å²) in [5.41, 5.74) is 0. The maximum Gasteiger partial charge on any atom is 0.310 e. The third kappa shape index (κ3) is 25.0. The van der Waals surface area contributed by atoms with E-state index in [9.17, 15) is 9.59 Å². The number of nitrogens with zero attached hydrogens (tertiary/aromatic N) is 1. The fraction of sp³-hybridized carbons (Fsp3) is 0.951. The van der Waals surface area contributed by atoms with Gasteiger partial charge in [0.15, 0.2) is 0 Å². The van der Waals surface area contributed by atoms with E-state index >= 15 is 0 Å². The van der Waals surface area contributed by atoms with Gasteiger partial charge in [0.25, 0.3) is 0 Å². The molecular formula is C41H79NO4. The first-order chi connectivity index (χ1) is 22.5. The van der Waals surface area contributed by atoms with Crippen molar-refractivity contribution in [2.24, 2.45) is 17.8 Å². The topological polar surface area (TPSA) is 55.8 Å². The van der Waals surface area contributed by atoms with Crippen LogP contribution in [0.4, 0.5) is 0 Å². The fourth-order valence-electron chi connectivity index (χ4n) is 7.17. The lowest BCUT2D eigenvalue weighted by Crippen LogP contribution is -2.37. The van der Waals surface area contributed by atoms with E-state index in [-0.39, 0.29) is 17.9 Å². The van der Waals surface area contributed by atoms with Crippen molar-refractivity contribution < 1.29 is 19.1 Å². The van der Waals surface area contributed by atoms with Crippen LogP contribution in [0.3, 0.4) is 0 Å². The van der Waals surface area contributed by atoms with Gasteiger partial charge in [0, 0.05) is 13.0 Å². The summed E-state index contributed by atoms with van der Waals surface area (Å²) in [4.78, 5) is 27.3. The second kappa shape index (κ2) is 31.2. The highest BCUT2D eigenvalue weighted by Crippen LogP contribution is 2.23. The molecule has 0 aliphatic carbocycles. The molecule has 46 heavy (non-hydrogen) atoms. The molecule has 1 saturated heterocycles. The molecule has 0 bridgehead atoms. The number of rotatable bonds is 32. The summed E-state index contributed by atoms with van der Waals surface area (Å²) in [6, 6.07) is 0. The van der Waals surface area contributed by atoms with Crippen LogP contribution in [0.1, 0.15) is 201 Å². The van der Waals surface area contributed by atoms with Gasteiger partial charge in [-0.3, -0.25) is 9.59 Å². The van der Waals surface area contributed by atoms with Crippen LogP contribution in [-0.4, -0.2) is 50.2 Å². The van der Waals surface area contributed by atoms with Crippen LogP contribution in [0.15, 0.2) is 0 Å². The average molecular weight is 650 g/mol. The minimum absolute atomic E-state index is 0.000846. The number of esters is 2. The Bertz CT molecular complexity index is 688. The standard InChI is InChI=1S/C41H79NO4/c1-5-8-11-12-13-14-17-22-28-38(36-46-41(44)39-30-25-33-42(4)35-39)29-23-18-15-16-19-24-31-40(43)45-34-32-37(26-20-9-6-2)27-21-10-7-3/h37-39H,5-36H2,1-4H3/t38?,39-/m1/s1. The molecule has 272 valence electrons. The highest BCUT2D eigenvalue weighted by Gasteiger charge is 2.26. The van der Waals surface area contributed by atoms with Crippen molar-refractivity contribution in [1.29, 1.82) is 0 Å². The van der Waals surface area contributed by atoms with Crippen molar-refractivity contribution in [2.75, 3.05) is 33.4 Å². The van der Waals surface area contributed by atoms with Gasteiger partial charge in [-0.05, 0) is 64.0 Å². The van der Waals surface area contributed by atoms with E-state index in [0.717, 1.165) is 51.1 Å². The predicted molar refractivity (Wildman–Crippen MR) is 196 cm³/mol. The van der Waals surface area contributed by atoms with Crippen LogP contribution in [0, 0.1) is 17.8 Å². The van der Waals surface area contributed by atoms with Gasteiger partial charge in [-0.2, -0.15) is 0 Å². The molecule has 0 N–H and O–H groups in total. The number of hydrogen-bond donors (Lipinski definition) is 0. The molecular weight excluding hydrogens is 570 g/mol. The molecule has 1 unspecified atom stereocenters. The molecule has 0 radical (unpaired) electrons. The van der Waals surface area contributed by atoms with Gasteiger partial charge >= 0.3 is 11.9 Å². The largest absolute Gasteiger partial charge is 0.466 e. The molecule has 0 saturated carbocycles. The molecule has 1 aliphatic heterocycles. The first kappa shape index (κ1) is 42.9. The van der Waals surface area contributed by atoms with Crippen LogP contribution >= 0.6 is 0 Å². The maximum absolute atomic E-state index is 12.8. The first-order valence-corrected chi connectivity index (χ1v) is 20.5. The van der Waals surface area contributed by atoms with E-state index < -0.39 is 0 Å². The van der Waals surface area contributed by atoms with Gasteiger partial charge in [0.2, 0.25) is 0 Å². The third-order valence-corrected chi connectivity index (χ3v) is 10.3. The molecule has 1 rings (SSSR count). The summed E-state index contributed by atoms with van der Waals surface area (Å²) in [5, 5.41) is 0. The summed E-state index contributed by atoms with van der Waals surface area (Å²) in [6.07, 6.45) is 34.1. The first-order valence-electron chi connectivity index (χ1n) is 20.5. The van der Waals surface area contributed by atoms with Crippen molar-refractivity contribution >= 4 is 11.9 Å². The Kier molecular flexibility index (Phi) is 29.1. The smallest absolute Gasteiger partial charge is 0.310 e. The number of hydrogen-bond acceptors (Lipinski definition) is 5. The molecule has 5 heteroatoms. The van der Waals surface area contributed by atoms with Crippen LogP contribution in [0.5, 0.6) is 0 Å².